The summed E-state index contributed by atoms with van der Waals surface area (Å²) in [5.41, 5.74) is -0.605. The SMILES string of the molecule is CCCC(Pc1ccc(C(F)(F)F)cc1C1=NCCO1)c1ccc(C(F)(F)F)cc1. The number of hydrogen-bond acceptors (Lipinski definition) is 2. The van der Waals surface area contributed by atoms with Gasteiger partial charge in [-0.05, 0) is 41.6 Å². The van der Waals surface area contributed by atoms with Crippen molar-refractivity contribution in [2.45, 2.75) is 37.8 Å². The van der Waals surface area contributed by atoms with Crippen LogP contribution >= 0.6 is 8.58 Å². The lowest BCUT2D eigenvalue weighted by Gasteiger charge is -2.20. The lowest BCUT2D eigenvalue weighted by atomic mass is 10.1. The van der Waals surface area contributed by atoms with Crippen LogP contribution in [0.4, 0.5) is 26.3 Å². The highest BCUT2D eigenvalue weighted by atomic mass is 31.1. The molecule has 1 aliphatic rings. The molecule has 0 saturated carbocycles. The van der Waals surface area contributed by atoms with Crippen LogP contribution in [0.3, 0.4) is 0 Å². The number of rotatable bonds is 6. The van der Waals surface area contributed by atoms with Gasteiger partial charge in [-0.2, -0.15) is 26.3 Å². The predicted molar refractivity (Wildman–Crippen MR) is 106 cm³/mol. The fourth-order valence-corrected chi connectivity index (χ4v) is 4.91. The zero-order valence-corrected chi connectivity index (χ0v) is 17.1. The average Bonchev–Trinajstić information content (AvgIpc) is 3.21. The second-order valence-corrected chi connectivity index (χ2v) is 8.42. The highest BCUT2D eigenvalue weighted by Gasteiger charge is 2.33. The van der Waals surface area contributed by atoms with Gasteiger partial charge in [0.1, 0.15) is 6.61 Å². The van der Waals surface area contributed by atoms with Crippen LogP contribution in [0.25, 0.3) is 0 Å². The topological polar surface area (TPSA) is 21.6 Å². The van der Waals surface area contributed by atoms with E-state index in [0.717, 1.165) is 36.2 Å². The normalized spacial score (nSPS) is 16.0. The molecule has 3 rings (SSSR count). The Labute approximate surface area is 172 Å². The first-order valence-electron chi connectivity index (χ1n) is 9.42. The minimum Gasteiger partial charge on any atom is -0.475 e. The molecule has 0 radical (unpaired) electrons. The van der Waals surface area contributed by atoms with Gasteiger partial charge in [-0.3, -0.25) is 0 Å². The van der Waals surface area contributed by atoms with Crippen LogP contribution in [0.5, 0.6) is 0 Å². The molecule has 1 heterocycles. The Bertz CT molecular complexity index is 905. The maximum absolute atomic E-state index is 13.2. The Balaban J connectivity index is 1.95. The van der Waals surface area contributed by atoms with Gasteiger partial charge in [0.15, 0.2) is 0 Å². The molecule has 162 valence electrons. The number of aliphatic imine (C=N–C) groups is 1. The van der Waals surface area contributed by atoms with Gasteiger partial charge in [0.2, 0.25) is 5.90 Å². The Morgan fingerprint density at radius 3 is 2.13 bits per heavy atom. The summed E-state index contributed by atoms with van der Waals surface area (Å²) < 4.78 is 83.6. The van der Waals surface area contributed by atoms with E-state index in [2.05, 4.69) is 4.99 Å². The number of hydrogen-bond donors (Lipinski definition) is 0. The van der Waals surface area contributed by atoms with Crippen molar-refractivity contribution in [2.24, 2.45) is 4.99 Å². The highest BCUT2D eigenvalue weighted by Crippen LogP contribution is 2.41. The minimum absolute atomic E-state index is 0.0591. The molecular formula is C21H20F6NOP. The molecule has 0 fully saturated rings. The first-order chi connectivity index (χ1) is 14.1. The molecule has 0 N–H and O–H groups in total. The van der Waals surface area contributed by atoms with Gasteiger partial charge in [-0.1, -0.05) is 40.1 Å². The fourth-order valence-electron chi connectivity index (χ4n) is 3.22. The molecule has 0 bridgehead atoms. The van der Waals surface area contributed by atoms with Crippen molar-refractivity contribution in [3.8, 4) is 0 Å². The van der Waals surface area contributed by atoms with Crippen molar-refractivity contribution in [2.75, 3.05) is 13.2 Å². The Morgan fingerprint density at radius 1 is 0.967 bits per heavy atom. The third kappa shape index (κ3) is 5.34. The summed E-state index contributed by atoms with van der Waals surface area (Å²) in [5.74, 6) is 0.186. The summed E-state index contributed by atoms with van der Waals surface area (Å²) in [4.78, 5) is 4.16. The van der Waals surface area contributed by atoms with Gasteiger partial charge in [0.05, 0.1) is 17.7 Å². The monoisotopic (exact) mass is 447 g/mol. The number of nitrogens with zero attached hydrogens (tertiary/aromatic N) is 1. The molecule has 0 spiro atoms. The Kier molecular flexibility index (Phi) is 6.75. The van der Waals surface area contributed by atoms with E-state index in [1.807, 2.05) is 6.92 Å². The predicted octanol–water partition coefficient (Wildman–Crippen LogP) is 6.35. The third-order valence-electron chi connectivity index (χ3n) is 4.71. The minimum atomic E-state index is -4.49. The standard InChI is InChI=1S/C21H20F6NOP/c1-2-3-17(13-4-6-14(7-5-13)20(22,23)24)30-18-9-8-15(21(25,26)27)12-16(18)19-28-10-11-29-19/h4-9,12,17,30H,2-3,10-11H2,1H3. The van der Waals surface area contributed by atoms with Gasteiger partial charge in [-0.25, -0.2) is 4.99 Å². The lowest BCUT2D eigenvalue weighted by molar-refractivity contribution is -0.138. The van der Waals surface area contributed by atoms with Crippen LogP contribution in [0.15, 0.2) is 47.5 Å². The van der Waals surface area contributed by atoms with E-state index in [4.69, 9.17) is 4.74 Å². The van der Waals surface area contributed by atoms with E-state index in [-0.39, 0.29) is 20.1 Å². The molecule has 2 aromatic rings. The van der Waals surface area contributed by atoms with Gasteiger partial charge < -0.3 is 4.74 Å². The maximum Gasteiger partial charge on any atom is 0.416 e. The molecule has 9 heteroatoms. The lowest BCUT2D eigenvalue weighted by Crippen LogP contribution is -2.17. The van der Waals surface area contributed by atoms with Crippen molar-refractivity contribution < 1.29 is 31.1 Å². The van der Waals surface area contributed by atoms with Gasteiger partial charge in [-0.15, -0.1) is 0 Å². The second-order valence-electron chi connectivity index (χ2n) is 6.90. The van der Waals surface area contributed by atoms with E-state index >= 15 is 0 Å². The fraction of sp³-hybridized carbons (Fsp3) is 0.381. The molecule has 30 heavy (non-hydrogen) atoms. The van der Waals surface area contributed by atoms with Crippen molar-refractivity contribution in [1.82, 2.24) is 0 Å². The Morgan fingerprint density at radius 2 is 1.60 bits per heavy atom. The summed E-state index contributed by atoms with van der Waals surface area (Å²) >= 11 is 0. The van der Waals surface area contributed by atoms with Gasteiger partial charge in [0, 0.05) is 11.2 Å². The van der Waals surface area contributed by atoms with E-state index < -0.39 is 23.5 Å². The summed E-state index contributed by atoms with van der Waals surface area (Å²) in [5, 5.41) is 0.655. The molecule has 0 amide bonds. The molecule has 2 nitrogen and oxygen atoms in total. The van der Waals surface area contributed by atoms with Crippen LogP contribution in [0.1, 0.15) is 47.7 Å². The van der Waals surface area contributed by atoms with Crippen LogP contribution < -0.4 is 5.30 Å². The molecule has 2 unspecified atom stereocenters. The zero-order valence-electron chi connectivity index (χ0n) is 16.1. The van der Waals surface area contributed by atoms with Crippen LogP contribution in [0.2, 0.25) is 0 Å². The van der Waals surface area contributed by atoms with Crippen LogP contribution in [0, 0.1) is 0 Å². The van der Waals surface area contributed by atoms with Crippen molar-refractivity contribution >= 4 is 19.8 Å². The van der Waals surface area contributed by atoms with Crippen molar-refractivity contribution in [3.63, 3.8) is 0 Å². The highest BCUT2D eigenvalue weighted by molar-refractivity contribution is 7.47. The zero-order chi connectivity index (χ0) is 21.9. The molecule has 2 aromatic carbocycles. The first kappa shape index (κ1) is 22.6. The summed E-state index contributed by atoms with van der Waals surface area (Å²) in [6, 6.07) is 8.47. The van der Waals surface area contributed by atoms with Crippen molar-refractivity contribution in [1.29, 1.82) is 0 Å². The quantitative estimate of drug-likeness (QED) is 0.374. The number of ether oxygens (including phenoxy) is 1. The summed E-state index contributed by atoms with van der Waals surface area (Å²) in [6.07, 6.45) is -7.44. The van der Waals surface area contributed by atoms with Crippen LogP contribution in [-0.2, 0) is 17.1 Å². The van der Waals surface area contributed by atoms with E-state index in [1.54, 1.807) is 0 Å². The largest absolute Gasteiger partial charge is 0.475 e. The molecule has 2 atom stereocenters. The molecule has 0 aliphatic carbocycles. The third-order valence-corrected chi connectivity index (χ3v) is 6.43. The average molecular weight is 447 g/mol. The van der Waals surface area contributed by atoms with Gasteiger partial charge in [0.25, 0.3) is 0 Å². The second kappa shape index (κ2) is 8.96. The number of alkyl halides is 6. The van der Waals surface area contributed by atoms with E-state index in [1.165, 1.54) is 18.2 Å². The van der Waals surface area contributed by atoms with Crippen molar-refractivity contribution in [3.05, 3.63) is 64.7 Å². The molecular weight excluding hydrogens is 427 g/mol. The summed E-state index contributed by atoms with van der Waals surface area (Å²) in [6.45, 7) is 2.65. The van der Waals surface area contributed by atoms with E-state index in [9.17, 15) is 26.3 Å². The first-order valence-corrected chi connectivity index (χ1v) is 10.5. The Hall–Kier alpha value is -2.08. The number of benzene rings is 2. The summed E-state index contributed by atoms with van der Waals surface area (Å²) in [7, 11) is 0.0591. The van der Waals surface area contributed by atoms with Gasteiger partial charge >= 0.3 is 12.4 Å². The molecule has 0 saturated heterocycles. The number of halogens is 6. The van der Waals surface area contributed by atoms with Crippen LogP contribution in [-0.4, -0.2) is 19.0 Å². The maximum atomic E-state index is 13.2. The van der Waals surface area contributed by atoms with E-state index in [0.29, 0.717) is 30.4 Å². The molecule has 0 aromatic heterocycles. The molecule has 1 aliphatic heterocycles. The smallest absolute Gasteiger partial charge is 0.416 e.